The van der Waals surface area contributed by atoms with Crippen molar-refractivity contribution >= 4 is 37.3 Å². The van der Waals surface area contributed by atoms with Gasteiger partial charge in [-0.3, -0.25) is 0 Å². The van der Waals surface area contributed by atoms with E-state index in [4.69, 9.17) is 0 Å². The Labute approximate surface area is 93.7 Å². The molecule has 0 amide bonds. The van der Waals surface area contributed by atoms with Gasteiger partial charge in [0.15, 0.2) is 0 Å². The van der Waals surface area contributed by atoms with Crippen LogP contribution in [0.4, 0.5) is 0 Å². The zero-order valence-corrected chi connectivity index (χ0v) is 10.6. The van der Waals surface area contributed by atoms with E-state index in [0.29, 0.717) is 20.1 Å². The van der Waals surface area contributed by atoms with E-state index < -0.39 is 0 Å². The molecule has 0 saturated carbocycles. The summed E-state index contributed by atoms with van der Waals surface area (Å²) >= 11 is 0. The summed E-state index contributed by atoms with van der Waals surface area (Å²) in [5.41, 5.74) is 2.74. The maximum absolute atomic E-state index is 4.49. The average Bonchev–Trinajstić information content (AvgIpc) is 2.16. The summed E-state index contributed by atoms with van der Waals surface area (Å²) in [6.45, 7) is 13.8. The van der Waals surface area contributed by atoms with Crippen molar-refractivity contribution in [2.24, 2.45) is 0 Å². The number of aromatic nitrogens is 3. The molecule has 3 nitrogen and oxygen atoms in total. The predicted octanol–water partition coefficient (Wildman–Crippen LogP) is -0.244. The Kier molecular flexibility index (Phi) is 3.94. The quantitative estimate of drug-likeness (QED) is 0.632. The van der Waals surface area contributed by atoms with Gasteiger partial charge in [-0.15, -0.1) is 0 Å². The van der Waals surface area contributed by atoms with Crippen molar-refractivity contribution < 1.29 is 0 Å². The van der Waals surface area contributed by atoms with Crippen LogP contribution in [0, 0.1) is 0 Å². The van der Waals surface area contributed by atoms with E-state index in [2.05, 4.69) is 55.9 Å². The van der Waals surface area contributed by atoms with Crippen LogP contribution in [0.3, 0.4) is 0 Å². The molecule has 0 fully saturated rings. The molecule has 78 valence electrons. The lowest BCUT2D eigenvalue weighted by Gasteiger charge is -2.10. The maximum atomic E-state index is 4.49. The van der Waals surface area contributed by atoms with E-state index in [1.54, 1.807) is 0 Å². The molecule has 0 aliphatic heterocycles. The highest BCUT2D eigenvalue weighted by atomic mass is 15.0. The monoisotopic (exact) mass is 201 g/mol. The highest BCUT2D eigenvalue weighted by Crippen LogP contribution is 1.81. The van der Waals surface area contributed by atoms with Crippen LogP contribution >= 0.6 is 0 Å². The van der Waals surface area contributed by atoms with Crippen LogP contribution in [0.2, 0.25) is 40.9 Å². The number of hydrogen-bond acceptors (Lipinski definition) is 3. The molecule has 15 heavy (non-hydrogen) atoms. The maximum Gasteiger partial charge on any atom is 0.219 e. The molecule has 0 aliphatic carbocycles. The standard InChI is InChI=1S/C9H18B3N3/c1-10(2)7-13-8(11(3)4)15-9(14-7)12(5)6/h1-6H3. The fourth-order valence-electron chi connectivity index (χ4n) is 1.20. The Morgan fingerprint density at radius 3 is 0.867 bits per heavy atom. The van der Waals surface area contributed by atoms with Gasteiger partial charge in [0.1, 0.15) is 0 Å². The summed E-state index contributed by atoms with van der Waals surface area (Å²) < 4.78 is 0. The number of rotatable bonds is 3. The summed E-state index contributed by atoms with van der Waals surface area (Å²) in [4.78, 5) is 13.5. The Bertz CT molecular complexity index is 275. The van der Waals surface area contributed by atoms with Crippen LogP contribution in [0.25, 0.3) is 0 Å². The molecule has 1 heterocycles. The average molecular weight is 201 g/mol. The van der Waals surface area contributed by atoms with Gasteiger partial charge in [0.25, 0.3) is 0 Å². The molecule has 1 aromatic rings. The van der Waals surface area contributed by atoms with Crippen LogP contribution in [-0.2, 0) is 0 Å². The largest absolute Gasteiger partial charge is 0.240 e. The summed E-state index contributed by atoms with van der Waals surface area (Å²) in [6, 6.07) is 0. The van der Waals surface area contributed by atoms with Crippen LogP contribution in [0.15, 0.2) is 0 Å². The zero-order valence-electron chi connectivity index (χ0n) is 10.6. The highest BCUT2D eigenvalue weighted by molar-refractivity contribution is 6.73. The first-order valence-corrected chi connectivity index (χ1v) is 5.67. The first-order valence-electron chi connectivity index (χ1n) is 5.67. The summed E-state index contributed by atoms with van der Waals surface area (Å²) in [5.74, 6) is 0. The third-order valence-electron chi connectivity index (χ3n) is 2.24. The minimum atomic E-state index is 0.364. The first-order chi connectivity index (χ1) is 6.91. The molecule has 0 unspecified atom stereocenters. The van der Waals surface area contributed by atoms with E-state index >= 15 is 0 Å². The molecule has 0 spiro atoms. The molecule has 1 rings (SSSR count). The van der Waals surface area contributed by atoms with E-state index in [-0.39, 0.29) is 0 Å². The molecule has 1 aromatic heterocycles. The normalized spacial score (nSPS) is 10.0. The van der Waals surface area contributed by atoms with Gasteiger partial charge in [0, 0.05) is 0 Å². The SMILES string of the molecule is CB(C)c1nc(B(C)C)nc(B(C)C)n1. The van der Waals surface area contributed by atoms with E-state index in [0.717, 1.165) is 17.2 Å². The van der Waals surface area contributed by atoms with Crippen molar-refractivity contribution in [1.82, 2.24) is 15.0 Å². The lowest BCUT2D eigenvalue weighted by atomic mass is 9.50. The Hall–Kier alpha value is -0.795. The second-order valence-electron chi connectivity index (χ2n) is 4.87. The van der Waals surface area contributed by atoms with Crippen molar-refractivity contribution in [3.05, 3.63) is 0 Å². The fourth-order valence-corrected chi connectivity index (χ4v) is 1.20. The molecule has 0 aromatic carbocycles. The molecule has 0 aliphatic rings. The van der Waals surface area contributed by atoms with Crippen LogP contribution in [0.1, 0.15) is 0 Å². The van der Waals surface area contributed by atoms with Crippen LogP contribution in [0.5, 0.6) is 0 Å². The van der Waals surface area contributed by atoms with Gasteiger partial charge in [-0.1, -0.05) is 40.9 Å². The summed E-state index contributed by atoms with van der Waals surface area (Å²) in [5, 5.41) is 0. The van der Waals surface area contributed by atoms with Gasteiger partial charge >= 0.3 is 0 Å². The van der Waals surface area contributed by atoms with Gasteiger partial charge < -0.3 is 0 Å². The molecule has 0 atom stereocenters. The Balaban J connectivity index is 3.20. The highest BCUT2D eigenvalue weighted by Gasteiger charge is 2.17. The molecule has 0 radical (unpaired) electrons. The Morgan fingerprint density at radius 1 is 0.533 bits per heavy atom. The summed E-state index contributed by atoms with van der Waals surface area (Å²) in [6.07, 6.45) is 0. The molecule has 0 N–H and O–H groups in total. The fraction of sp³-hybridized carbons (Fsp3) is 0.667. The van der Waals surface area contributed by atoms with Crippen molar-refractivity contribution in [3.8, 4) is 0 Å². The molecule has 0 bridgehead atoms. The Morgan fingerprint density at radius 2 is 0.733 bits per heavy atom. The van der Waals surface area contributed by atoms with Gasteiger partial charge in [-0.25, -0.2) is 15.0 Å². The third-order valence-corrected chi connectivity index (χ3v) is 2.24. The molecular formula is C9H18B3N3. The lowest BCUT2D eigenvalue weighted by Crippen LogP contribution is -2.50. The number of nitrogens with zero attached hydrogens (tertiary/aromatic N) is 3. The molecular weight excluding hydrogens is 183 g/mol. The van der Waals surface area contributed by atoms with Gasteiger partial charge in [-0.2, -0.15) is 0 Å². The summed E-state index contributed by atoms with van der Waals surface area (Å²) in [7, 11) is 0. The van der Waals surface area contributed by atoms with Crippen molar-refractivity contribution in [2.75, 3.05) is 0 Å². The second-order valence-corrected chi connectivity index (χ2v) is 4.87. The van der Waals surface area contributed by atoms with Crippen molar-refractivity contribution in [3.63, 3.8) is 0 Å². The third kappa shape index (κ3) is 3.08. The minimum absolute atomic E-state index is 0.364. The topological polar surface area (TPSA) is 38.7 Å². The molecule has 6 heteroatoms. The number of hydrogen-bond donors (Lipinski definition) is 0. The second kappa shape index (κ2) is 4.82. The van der Waals surface area contributed by atoms with Gasteiger partial charge in [0.05, 0.1) is 17.2 Å². The zero-order chi connectivity index (χ0) is 11.6. The smallest absolute Gasteiger partial charge is 0.219 e. The van der Waals surface area contributed by atoms with Crippen LogP contribution in [-0.4, -0.2) is 35.1 Å². The van der Waals surface area contributed by atoms with Crippen molar-refractivity contribution in [2.45, 2.75) is 40.9 Å². The van der Waals surface area contributed by atoms with E-state index in [9.17, 15) is 0 Å². The molecule has 0 saturated heterocycles. The first kappa shape index (κ1) is 12.3. The minimum Gasteiger partial charge on any atom is -0.240 e. The van der Waals surface area contributed by atoms with Crippen LogP contribution < -0.4 is 17.2 Å². The van der Waals surface area contributed by atoms with Gasteiger partial charge in [0.2, 0.25) is 20.1 Å². The predicted molar refractivity (Wildman–Crippen MR) is 71.2 cm³/mol. The van der Waals surface area contributed by atoms with Crippen molar-refractivity contribution in [1.29, 1.82) is 0 Å². The lowest BCUT2D eigenvalue weighted by molar-refractivity contribution is 1.17. The van der Waals surface area contributed by atoms with Gasteiger partial charge in [-0.05, 0) is 0 Å². The van der Waals surface area contributed by atoms with E-state index in [1.165, 1.54) is 0 Å². The van der Waals surface area contributed by atoms with E-state index in [1.807, 2.05) is 0 Å².